The van der Waals surface area contributed by atoms with Gasteiger partial charge in [-0.05, 0) is 55.6 Å². The van der Waals surface area contributed by atoms with Crippen LogP contribution in [0.15, 0.2) is 73.0 Å². The molecule has 0 N–H and O–H groups in total. The minimum atomic E-state index is -2.65. The maximum Gasteiger partial charge on any atom is 0.465 e. The zero-order valence-electron chi connectivity index (χ0n) is 23.0. The van der Waals surface area contributed by atoms with Gasteiger partial charge in [0.25, 0.3) is 8.32 Å². The molecule has 2 aromatic carbocycles. The number of esters is 1. The van der Waals surface area contributed by atoms with Crippen LogP contribution in [-0.2, 0) is 23.3 Å². The van der Waals surface area contributed by atoms with E-state index in [0.29, 0.717) is 13.0 Å². The van der Waals surface area contributed by atoms with Crippen molar-refractivity contribution in [1.82, 2.24) is 0 Å². The van der Waals surface area contributed by atoms with Gasteiger partial charge >= 0.3 is 13.1 Å². The molecular formula is C29H41BO5Si. The van der Waals surface area contributed by atoms with Gasteiger partial charge in [-0.3, -0.25) is 4.79 Å². The van der Waals surface area contributed by atoms with Gasteiger partial charge in [-0.15, -0.1) is 0 Å². The summed E-state index contributed by atoms with van der Waals surface area (Å²) in [6.45, 7) is 16.9. The summed E-state index contributed by atoms with van der Waals surface area (Å²) in [6, 6.07) is 21.2. The van der Waals surface area contributed by atoms with Crippen LogP contribution < -0.4 is 10.4 Å². The molecule has 0 bridgehead atoms. The lowest BCUT2D eigenvalue weighted by molar-refractivity contribution is -0.135. The number of allylic oxidation sites excluding steroid dienone is 1. The number of hydrogen-bond donors (Lipinski definition) is 0. The van der Waals surface area contributed by atoms with Gasteiger partial charge in [-0.1, -0.05) is 81.4 Å². The van der Waals surface area contributed by atoms with E-state index in [4.69, 9.17) is 18.5 Å². The maximum absolute atomic E-state index is 11.4. The van der Waals surface area contributed by atoms with Crippen molar-refractivity contribution in [2.45, 2.75) is 83.9 Å². The number of carbonyl (C=O) groups excluding carboxylic acids is 1. The topological polar surface area (TPSA) is 54.0 Å². The van der Waals surface area contributed by atoms with E-state index < -0.39 is 26.6 Å². The summed E-state index contributed by atoms with van der Waals surface area (Å²) in [5.41, 5.74) is -0.909. The Morgan fingerprint density at radius 2 is 1.42 bits per heavy atom. The highest BCUT2D eigenvalue weighted by molar-refractivity contribution is 6.99. The van der Waals surface area contributed by atoms with Crippen LogP contribution in [0.25, 0.3) is 0 Å². The van der Waals surface area contributed by atoms with Crippen molar-refractivity contribution in [2.24, 2.45) is 0 Å². The van der Waals surface area contributed by atoms with Gasteiger partial charge in [0.05, 0.1) is 17.5 Å². The molecule has 1 fully saturated rings. The van der Waals surface area contributed by atoms with Crippen molar-refractivity contribution in [2.75, 3.05) is 6.61 Å². The van der Waals surface area contributed by atoms with Crippen molar-refractivity contribution in [3.8, 4) is 0 Å². The first-order valence-electron chi connectivity index (χ1n) is 12.7. The van der Waals surface area contributed by atoms with Crippen molar-refractivity contribution >= 4 is 31.8 Å². The Kier molecular flexibility index (Phi) is 8.71. The Balaban J connectivity index is 1.92. The molecule has 7 heteroatoms. The Morgan fingerprint density at radius 1 is 0.944 bits per heavy atom. The van der Waals surface area contributed by atoms with Gasteiger partial charge in [-0.25, -0.2) is 0 Å². The molecule has 1 atom stereocenters. The zero-order valence-corrected chi connectivity index (χ0v) is 24.0. The highest BCUT2D eigenvalue weighted by Gasteiger charge is 2.54. The molecule has 0 amide bonds. The molecule has 1 heterocycles. The quantitative estimate of drug-likeness (QED) is 0.255. The molecule has 0 spiro atoms. The van der Waals surface area contributed by atoms with Crippen molar-refractivity contribution in [3.05, 3.63) is 73.0 Å². The van der Waals surface area contributed by atoms with E-state index in [-0.39, 0.29) is 16.8 Å². The summed E-state index contributed by atoms with van der Waals surface area (Å²) in [7, 11) is -3.12. The van der Waals surface area contributed by atoms with Gasteiger partial charge < -0.3 is 18.5 Å². The molecule has 0 aliphatic carbocycles. The molecule has 1 aliphatic heterocycles. The lowest BCUT2D eigenvalue weighted by Gasteiger charge is -2.43. The van der Waals surface area contributed by atoms with Crippen LogP contribution >= 0.6 is 0 Å². The van der Waals surface area contributed by atoms with Gasteiger partial charge in [0.2, 0.25) is 0 Å². The second-order valence-electron chi connectivity index (χ2n) is 11.5. The molecule has 3 rings (SSSR count). The Morgan fingerprint density at radius 3 is 1.83 bits per heavy atom. The molecule has 5 nitrogen and oxygen atoms in total. The third-order valence-electron chi connectivity index (χ3n) is 7.37. The smallest absolute Gasteiger partial charge is 0.435 e. The number of carbonyl (C=O) groups is 1. The summed E-state index contributed by atoms with van der Waals surface area (Å²) >= 11 is 0. The Labute approximate surface area is 218 Å². The van der Waals surface area contributed by atoms with Crippen molar-refractivity contribution < 1.29 is 23.3 Å². The second kappa shape index (κ2) is 11.1. The standard InChI is InChI=1S/C29H41BO5Si/c1-23(31)32-21-19-24(30-34-28(5,6)29(7,8)35-30)20-22-33-36(27(2,3)4,25-15-11-9-12-16-25)26-17-13-10-14-18-26/h9-19,21,24H,20,22H2,1-8H3/b21-19+/t24-/m1/s1. The number of benzene rings is 2. The summed E-state index contributed by atoms with van der Waals surface area (Å²) in [5.74, 6) is -0.508. The molecule has 0 aromatic heterocycles. The Bertz CT molecular complexity index is 975. The van der Waals surface area contributed by atoms with E-state index in [1.165, 1.54) is 23.6 Å². The summed E-state index contributed by atoms with van der Waals surface area (Å²) in [5, 5.41) is 2.38. The van der Waals surface area contributed by atoms with Gasteiger partial charge in [0, 0.05) is 19.3 Å². The maximum atomic E-state index is 11.4. The monoisotopic (exact) mass is 508 g/mol. The van der Waals surface area contributed by atoms with Gasteiger partial charge in [0.1, 0.15) is 0 Å². The number of rotatable bonds is 9. The Hall–Kier alpha value is -2.19. The lowest BCUT2D eigenvalue weighted by atomic mass is 9.70. The van der Waals surface area contributed by atoms with Crippen molar-refractivity contribution in [3.63, 3.8) is 0 Å². The summed E-state index contributed by atoms with van der Waals surface area (Å²) in [4.78, 5) is 11.4. The molecule has 2 aromatic rings. The first-order valence-corrected chi connectivity index (χ1v) is 14.7. The SMILES string of the molecule is CC(=O)O/C=C/[C@H](CCO[Si](c1ccccc1)(c1ccccc1)C(C)(C)C)B1OC(C)(C)C(C)(C)O1. The highest BCUT2D eigenvalue weighted by atomic mass is 28.4. The number of hydrogen-bond acceptors (Lipinski definition) is 5. The van der Waals surface area contributed by atoms with E-state index in [9.17, 15) is 4.79 Å². The average Bonchev–Trinajstić information content (AvgIpc) is 3.02. The average molecular weight is 509 g/mol. The molecular weight excluding hydrogens is 467 g/mol. The molecule has 0 unspecified atom stereocenters. The largest absolute Gasteiger partial charge is 0.465 e. The molecule has 36 heavy (non-hydrogen) atoms. The van der Waals surface area contributed by atoms with E-state index in [0.717, 1.165) is 0 Å². The van der Waals surface area contributed by atoms with E-state index in [1.807, 2.05) is 45.9 Å². The van der Waals surface area contributed by atoms with Crippen LogP contribution in [0.2, 0.25) is 10.9 Å². The summed E-state index contributed by atoms with van der Waals surface area (Å²) in [6.07, 6.45) is 3.96. The molecule has 0 radical (unpaired) electrons. The van der Waals surface area contributed by atoms with Gasteiger partial charge in [-0.2, -0.15) is 0 Å². The first-order chi connectivity index (χ1) is 16.8. The predicted octanol–water partition coefficient (Wildman–Crippen LogP) is 5.49. The van der Waals surface area contributed by atoms with Crippen LogP contribution in [0.4, 0.5) is 0 Å². The van der Waals surface area contributed by atoms with Crippen molar-refractivity contribution in [1.29, 1.82) is 0 Å². The van der Waals surface area contributed by atoms with Crippen LogP contribution in [-0.4, -0.2) is 39.2 Å². The molecule has 1 aliphatic rings. The highest BCUT2D eigenvalue weighted by Crippen LogP contribution is 2.42. The minimum absolute atomic E-state index is 0.108. The fraction of sp³-hybridized carbons (Fsp3) is 0.483. The molecule has 0 saturated carbocycles. The molecule has 1 saturated heterocycles. The normalized spacial score (nSPS) is 18.4. The second-order valence-corrected chi connectivity index (χ2v) is 15.8. The van der Waals surface area contributed by atoms with E-state index in [2.05, 4.69) is 69.3 Å². The number of ether oxygens (including phenoxy) is 1. The van der Waals surface area contributed by atoms with Crippen LogP contribution in [0, 0.1) is 0 Å². The minimum Gasteiger partial charge on any atom is -0.435 e. The third kappa shape index (κ3) is 6.02. The van der Waals surface area contributed by atoms with E-state index in [1.54, 1.807) is 0 Å². The predicted molar refractivity (Wildman–Crippen MR) is 149 cm³/mol. The van der Waals surface area contributed by atoms with Gasteiger partial charge in [0.15, 0.2) is 0 Å². The summed E-state index contributed by atoms with van der Waals surface area (Å²) < 4.78 is 24.9. The molecule has 194 valence electrons. The van der Waals surface area contributed by atoms with Crippen LogP contribution in [0.1, 0.15) is 61.8 Å². The van der Waals surface area contributed by atoms with Crippen LogP contribution in [0.3, 0.4) is 0 Å². The zero-order chi connectivity index (χ0) is 26.6. The fourth-order valence-electron chi connectivity index (χ4n) is 4.73. The van der Waals surface area contributed by atoms with Crippen LogP contribution in [0.5, 0.6) is 0 Å². The fourth-order valence-corrected chi connectivity index (χ4v) is 9.31. The third-order valence-corrected chi connectivity index (χ3v) is 12.4. The first kappa shape index (κ1) is 28.4. The van der Waals surface area contributed by atoms with E-state index >= 15 is 0 Å². The lowest BCUT2D eigenvalue weighted by Crippen LogP contribution is -2.66.